The summed E-state index contributed by atoms with van der Waals surface area (Å²) in [5.74, 6) is 0.852. The Morgan fingerprint density at radius 3 is 3.00 bits per heavy atom. The second-order valence-corrected chi connectivity index (χ2v) is 4.06. The van der Waals surface area contributed by atoms with Gasteiger partial charge in [-0.05, 0) is 35.4 Å². The molecule has 0 spiro atoms. The van der Waals surface area contributed by atoms with Crippen LogP contribution in [0.2, 0.25) is 0 Å². The first kappa shape index (κ1) is 10.0. The van der Waals surface area contributed by atoms with Crippen LogP contribution in [0.15, 0.2) is 30.5 Å². The molecule has 0 radical (unpaired) electrons. The number of benzene rings is 1. The molecule has 0 bridgehead atoms. The first-order chi connectivity index (χ1) is 8.34. The number of para-hydroxylation sites is 1. The zero-order valence-corrected chi connectivity index (χ0v) is 9.59. The Hall–Kier alpha value is -2.17. The van der Waals surface area contributed by atoms with Gasteiger partial charge >= 0.3 is 0 Å². The van der Waals surface area contributed by atoms with Gasteiger partial charge in [0.25, 0.3) is 0 Å². The molecular weight excluding hydrogens is 214 g/mol. The molecule has 0 amide bonds. The van der Waals surface area contributed by atoms with E-state index in [0.29, 0.717) is 0 Å². The zero-order valence-electron chi connectivity index (χ0n) is 9.59. The molecule has 86 valence electrons. The lowest BCUT2D eigenvalue weighted by molar-refractivity contribution is 0.577. The van der Waals surface area contributed by atoms with E-state index < -0.39 is 0 Å². The average Bonchev–Trinajstić information content (AvgIpc) is 2.93. The Balaban J connectivity index is 1.84. The van der Waals surface area contributed by atoms with Crippen molar-refractivity contribution in [2.24, 2.45) is 0 Å². The average molecular weight is 227 g/mol. The maximum absolute atomic E-state index is 3.94. The molecule has 2 aromatic heterocycles. The van der Waals surface area contributed by atoms with Crippen LogP contribution in [0.1, 0.15) is 11.4 Å². The molecule has 3 aromatic rings. The van der Waals surface area contributed by atoms with Gasteiger partial charge in [-0.1, -0.05) is 18.2 Å². The third-order valence-corrected chi connectivity index (χ3v) is 2.98. The van der Waals surface area contributed by atoms with Gasteiger partial charge in [-0.15, -0.1) is 5.10 Å². The Labute approximate surface area is 98.5 Å². The summed E-state index contributed by atoms with van der Waals surface area (Å²) in [4.78, 5) is 3.27. The Morgan fingerprint density at radius 2 is 2.18 bits per heavy atom. The highest BCUT2D eigenvalue weighted by Gasteiger charge is 2.05. The van der Waals surface area contributed by atoms with Crippen LogP contribution in [0.25, 0.3) is 10.9 Å². The van der Waals surface area contributed by atoms with Crippen molar-refractivity contribution in [1.82, 2.24) is 25.2 Å². The molecular formula is C12H13N5. The minimum Gasteiger partial charge on any atom is -0.361 e. The molecule has 0 aliphatic heterocycles. The number of rotatable bonds is 3. The molecule has 0 atom stereocenters. The Kier molecular flexibility index (Phi) is 2.36. The third kappa shape index (κ3) is 1.80. The third-order valence-electron chi connectivity index (χ3n) is 2.98. The molecule has 0 unspecified atom stereocenters. The number of fused-ring (bicyclic) bond motifs is 1. The fraction of sp³-hybridized carbons (Fsp3) is 0.250. The summed E-state index contributed by atoms with van der Waals surface area (Å²) < 4.78 is 1.82. The minimum atomic E-state index is 0.806. The number of nitrogens with zero attached hydrogens (tertiary/aromatic N) is 4. The van der Waals surface area contributed by atoms with Crippen LogP contribution in [-0.2, 0) is 13.0 Å². The van der Waals surface area contributed by atoms with Crippen molar-refractivity contribution < 1.29 is 0 Å². The minimum absolute atomic E-state index is 0.806. The highest BCUT2D eigenvalue weighted by atomic mass is 15.5. The molecule has 0 aliphatic carbocycles. The lowest BCUT2D eigenvalue weighted by Crippen LogP contribution is -2.05. The topological polar surface area (TPSA) is 59.4 Å². The molecule has 5 nitrogen and oxygen atoms in total. The molecule has 17 heavy (non-hydrogen) atoms. The van der Waals surface area contributed by atoms with Gasteiger partial charge in [0.15, 0.2) is 0 Å². The molecule has 0 saturated carbocycles. The number of aromatic amines is 1. The van der Waals surface area contributed by atoms with Crippen molar-refractivity contribution in [2.75, 3.05) is 0 Å². The fourth-order valence-electron chi connectivity index (χ4n) is 2.02. The van der Waals surface area contributed by atoms with Gasteiger partial charge in [-0.2, -0.15) is 0 Å². The van der Waals surface area contributed by atoms with Crippen molar-refractivity contribution in [3.05, 3.63) is 41.9 Å². The fourth-order valence-corrected chi connectivity index (χ4v) is 2.02. The van der Waals surface area contributed by atoms with Crippen LogP contribution in [0, 0.1) is 6.92 Å². The summed E-state index contributed by atoms with van der Waals surface area (Å²) in [5, 5.41) is 12.7. The van der Waals surface area contributed by atoms with E-state index in [1.807, 2.05) is 17.7 Å². The zero-order chi connectivity index (χ0) is 11.7. The van der Waals surface area contributed by atoms with Gasteiger partial charge in [0.2, 0.25) is 0 Å². The highest BCUT2D eigenvalue weighted by molar-refractivity contribution is 5.82. The summed E-state index contributed by atoms with van der Waals surface area (Å²) in [5.41, 5.74) is 2.48. The first-order valence-corrected chi connectivity index (χ1v) is 5.62. The summed E-state index contributed by atoms with van der Waals surface area (Å²) >= 11 is 0. The molecule has 0 saturated heterocycles. The van der Waals surface area contributed by atoms with Crippen molar-refractivity contribution in [3.63, 3.8) is 0 Å². The summed E-state index contributed by atoms with van der Waals surface area (Å²) in [6.07, 6.45) is 2.99. The van der Waals surface area contributed by atoms with E-state index in [1.165, 1.54) is 16.5 Å². The molecule has 3 rings (SSSR count). The van der Waals surface area contributed by atoms with Gasteiger partial charge in [-0.3, -0.25) is 0 Å². The van der Waals surface area contributed by atoms with Gasteiger partial charge < -0.3 is 4.98 Å². The van der Waals surface area contributed by atoms with Crippen LogP contribution >= 0.6 is 0 Å². The predicted molar refractivity (Wildman–Crippen MR) is 64.6 cm³/mol. The van der Waals surface area contributed by atoms with Gasteiger partial charge in [-0.25, -0.2) is 4.68 Å². The SMILES string of the molecule is Cc1nnnn1CCc1c[nH]c2ccccc12. The van der Waals surface area contributed by atoms with Crippen molar-refractivity contribution in [3.8, 4) is 0 Å². The summed E-state index contributed by atoms with van der Waals surface area (Å²) in [6.45, 7) is 2.72. The second-order valence-electron chi connectivity index (χ2n) is 4.06. The molecule has 1 N–H and O–H groups in total. The lowest BCUT2D eigenvalue weighted by atomic mass is 10.1. The monoisotopic (exact) mass is 227 g/mol. The number of tetrazole rings is 1. The molecule has 0 aliphatic rings. The van der Waals surface area contributed by atoms with Gasteiger partial charge in [0.1, 0.15) is 5.82 Å². The molecule has 5 heteroatoms. The number of hydrogen-bond donors (Lipinski definition) is 1. The number of H-pyrrole nitrogens is 1. The van der Waals surface area contributed by atoms with Crippen molar-refractivity contribution >= 4 is 10.9 Å². The van der Waals surface area contributed by atoms with Crippen LogP contribution in [-0.4, -0.2) is 25.2 Å². The van der Waals surface area contributed by atoms with Gasteiger partial charge in [0.05, 0.1) is 0 Å². The van der Waals surface area contributed by atoms with E-state index >= 15 is 0 Å². The van der Waals surface area contributed by atoms with Crippen molar-refractivity contribution in [1.29, 1.82) is 0 Å². The van der Waals surface area contributed by atoms with E-state index in [-0.39, 0.29) is 0 Å². The quantitative estimate of drug-likeness (QED) is 0.741. The molecule has 2 heterocycles. The molecule has 0 fully saturated rings. The largest absolute Gasteiger partial charge is 0.361 e. The molecule has 1 aromatic carbocycles. The Morgan fingerprint density at radius 1 is 1.29 bits per heavy atom. The maximum Gasteiger partial charge on any atom is 0.148 e. The van der Waals surface area contributed by atoms with Crippen molar-refractivity contribution in [2.45, 2.75) is 19.9 Å². The standard InChI is InChI=1S/C12H13N5/c1-9-14-15-16-17(9)7-6-10-8-13-12-5-3-2-4-11(10)12/h2-5,8,13H,6-7H2,1H3. The highest BCUT2D eigenvalue weighted by Crippen LogP contribution is 2.18. The van der Waals surface area contributed by atoms with Crippen LogP contribution < -0.4 is 0 Å². The number of nitrogens with one attached hydrogen (secondary N) is 1. The number of hydrogen-bond acceptors (Lipinski definition) is 3. The van der Waals surface area contributed by atoms with E-state index in [2.05, 4.69) is 44.9 Å². The maximum atomic E-state index is 3.94. The van der Waals surface area contributed by atoms with Crippen LogP contribution in [0.3, 0.4) is 0 Å². The summed E-state index contributed by atoms with van der Waals surface area (Å²) in [6, 6.07) is 8.31. The lowest BCUT2D eigenvalue weighted by Gasteiger charge is -2.00. The van der Waals surface area contributed by atoms with Crippen LogP contribution in [0.4, 0.5) is 0 Å². The normalized spacial score (nSPS) is 11.1. The Bertz CT molecular complexity index is 637. The van der Waals surface area contributed by atoms with Crippen LogP contribution in [0.5, 0.6) is 0 Å². The summed E-state index contributed by atoms with van der Waals surface area (Å²) in [7, 11) is 0. The van der Waals surface area contributed by atoms with E-state index in [1.54, 1.807) is 0 Å². The first-order valence-electron chi connectivity index (χ1n) is 5.62. The second kappa shape index (κ2) is 4.01. The van der Waals surface area contributed by atoms with E-state index in [9.17, 15) is 0 Å². The number of aromatic nitrogens is 5. The van der Waals surface area contributed by atoms with Gasteiger partial charge in [0, 0.05) is 23.6 Å². The van der Waals surface area contributed by atoms with E-state index in [4.69, 9.17) is 0 Å². The van der Waals surface area contributed by atoms with E-state index in [0.717, 1.165) is 18.8 Å². The predicted octanol–water partition coefficient (Wildman–Crippen LogP) is 1.71. The smallest absolute Gasteiger partial charge is 0.148 e. The number of aryl methyl sites for hydroxylation is 3.